The van der Waals surface area contributed by atoms with Gasteiger partial charge in [-0.05, 0) is 6.92 Å². The van der Waals surface area contributed by atoms with Gasteiger partial charge in [0, 0.05) is 20.6 Å². The maximum atomic E-state index is 11.1. The molecule has 0 unspecified atom stereocenters. The van der Waals surface area contributed by atoms with Crippen molar-refractivity contribution in [2.45, 2.75) is 20.8 Å². The Kier molecular flexibility index (Phi) is 10.8. The molecule has 3 nitrogen and oxygen atoms in total. The van der Waals surface area contributed by atoms with Crippen LogP contribution in [0.1, 0.15) is 20.8 Å². The van der Waals surface area contributed by atoms with Crippen molar-refractivity contribution in [1.82, 2.24) is 9.80 Å². The predicted molar refractivity (Wildman–Crippen MR) is 60.9 cm³/mol. The van der Waals surface area contributed by atoms with Gasteiger partial charge in [0.25, 0.3) is 0 Å². The van der Waals surface area contributed by atoms with E-state index in [4.69, 9.17) is 12.2 Å². The third-order valence-corrected chi connectivity index (χ3v) is 1.69. The molecule has 0 aromatic heterocycles. The summed E-state index contributed by atoms with van der Waals surface area (Å²) in [5.74, 6) is 0.0768. The normalized spacial score (nSPS) is 8.08. The zero-order valence-corrected chi connectivity index (χ0v) is 10.0. The third kappa shape index (κ3) is 7.71. The van der Waals surface area contributed by atoms with Gasteiger partial charge >= 0.3 is 0 Å². The molecule has 4 heteroatoms. The number of thiocarbonyl (C=S) groups is 1. The average molecular weight is 204 g/mol. The molecule has 0 bridgehead atoms. The first-order chi connectivity index (χ1) is 6.11. The summed E-state index contributed by atoms with van der Waals surface area (Å²) in [4.78, 5) is 14.4. The fourth-order valence-corrected chi connectivity index (χ4v) is 0.762. The Bertz CT molecular complexity index is 149. The molecule has 0 aromatic carbocycles. The number of carbonyl (C=O) groups is 1. The van der Waals surface area contributed by atoms with Gasteiger partial charge < -0.3 is 9.80 Å². The molecule has 0 radical (unpaired) electrons. The van der Waals surface area contributed by atoms with Crippen molar-refractivity contribution >= 4 is 23.6 Å². The number of hydrogen-bond acceptors (Lipinski definition) is 2. The van der Waals surface area contributed by atoms with Gasteiger partial charge in [-0.15, -0.1) is 0 Å². The molecule has 0 saturated heterocycles. The van der Waals surface area contributed by atoms with E-state index >= 15 is 0 Å². The Labute approximate surface area is 86.7 Å². The van der Waals surface area contributed by atoms with Crippen LogP contribution >= 0.6 is 12.2 Å². The highest BCUT2D eigenvalue weighted by molar-refractivity contribution is 7.78. The van der Waals surface area contributed by atoms with Crippen molar-refractivity contribution in [3.05, 3.63) is 0 Å². The number of hydrogen-bond donors (Lipinski definition) is 0. The molecule has 1 amide bonds. The van der Waals surface area contributed by atoms with Gasteiger partial charge in [0.15, 0.2) is 0 Å². The van der Waals surface area contributed by atoms with E-state index in [0.717, 1.165) is 6.54 Å². The SMILES string of the molecule is CC.CCN(C=S)CC(=O)N(C)C. The Morgan fingerprint density at radius 2 is 1.85 bits per heavy atom. The highest BCUT2D eigenvalue weighted by Crippen LogP contribution is 1.86. The lowest BCUT2D eigenvalue weighted by Crippen LogP contribution is -2.35. The predicted octanol–water partition coefficient (Wildman–Crippen LogP) is 1.38. The van der Waals surface area contributed by atoms with E-state index < -0.39 is 0 Å². The van der Waals surface area contributed by atoms with Gasteiger partial charge in [-0.2, -0.15) is 0 Å². The van der Waals surface area contributed by atoms with E-state index in [-0.39, 0.29) is 5.91 Å². The standard InChI is InChI=1S/C7H14N2OS.C2H6/c1-4-9(6-11)5-7(10)8(2)3;1-2/h6H,4-5H2,1-3H3;1-2H3. The molecule has 0 aliphatic carbocycles. The molecule has 13 heavy (non-hydrogen) atoms. The van der Waals surface area contributed by atoms with Crippen LogP contribution in [0.4, 0.5) is 0 Å². The highest BCUT2D eigenvalue weighted by Gasteiger charge is 2.06. The first-order valence-corrected chi connectivity index (χ1v) is 4.98. The van der Waals surface area contributed by atoms with E-state index in [1.165, 1.54) is 5.49 Å². The number of amides is 1. The fourth-order valence-electron chi connectivity index (χ4n) is 0.539. The topological polar surface area (TPSA) is 23.6 Å². The van der Waals surface area contributed by atoms with E-state index in [9.17, 15) is 4.79 Å². The Balaban J connectivity index is 0. The summed E-state index contributed by atoms with van der Waals surface area (Å²) in [7, 11) is 3.47. The second-order valence-electron chi connectivity index (χ2n) is 2.46. The lowest BCUT2D eigenvalue weighted by atomic mass is 10.5. The van der Waals surface area contributed by atoms with Crippen molar-refractivity contribution in [3.8, 4) is 0 Å². The van der Waals surface area contributed by atoms with Crippen LogP contribution in [0.5, 0.6) is 0 Å². The summed E-state index contributed by atoms with van der Waals surface area (Å²) < 4.78 is 0. The zero-order valence-electron chi connectivity index (χ0n) is 9.20. The zero-order chi connectivity index (χ0) is 10.9. The van der Waals surface area contributed by atoms with Crippen LogP contribution in [0.3, 0.4) is 0 Å². The number of nitrogens with zero attached hydrogens (tertiary/aromatic N) is 2. The van der Waals surface area contributed by atoms with Gasteiger partial charge in [-0.25, -0.2) is 0 Å². The minimum atomic E-state index is 0.0768. The largest absolute Gasteiger partial charge is 0.360 e. The molecule has 0 heterocycles. The molecular formula is C9H20N2OS. The molecule has 0 aliphatic rings. The van der Waals surface area contributed by atoms with Crippen molar-refractivity contribution in [2.24, 2.45) is 0 Å². The number of rotatable bonds is 4. The minimum Gasteiger partial charge on any atom is -0.360 e. The van der Waals surface area contributed by atoms with Gasteiger partial charge in [-0.1, -0.05) is 26.1 Å². The Hall–Kier alpha value is -0.640. The van der Waals surface area contributed by atoms with Crippen molar-refractivity contribution in [1.29, 1.82) is 0 Å². The van der Waals surface area contributed by atoms with Gasteiger partial charge in [0.1, 0.15) is 0 Å². The molecule has 78 valence electrons. The lowest BCUT2D eigenvalue weighted by molar-refractivity contribution is -0.128. The summed E-state index contributed by atoms with van der Waals surface area (Å²) in [6, 6.07) is 0. The highest BCUT2D eigenvalue weighted by atomic mass is 32.1. The quantitative estimate of drug-likeness (QED) is 0.646. The maximum absolute atomic E-state index is 11.1. The van der Waals surface area contributed by atoms with E-state index in [2.05, 4.69) is 0 Å². The molecule has 0 aromatic rings. The summed E-state index contributed by atoms with van der Waals surface area (Å²) in [6.07, 6.45) is 0. The molecule has 0 saturated carbocycles. The smallest absolute Gasteiger partial charge is 0.241 e. The van der Waals surface area contributed by atoms with Crippen LogP contribution in [0, 0.1) is 0 Å². The molecular weight excluding hydrogens is 184 g/mol. The van der Waals surface area contributed by atoms with E-state index in [0.29, 0.717) is 6.54 Å². The Morgan fingerprint density at radius 1 is 1.38 bits per heavy atom. The monoisotopic (exact) mass is 204 g/mol. The first kappa shape index (κ1) is 14.9. The van der Waals surface area contributed by atoms with Gasteiger partial charge in [0.2, 0.25) is 5.91 Å². The van der Waals surface area contributed by atoms with Crippen LogP contribution < -0.4 is 0 Å². The van der Waals surface area contributed by atoms with Gasteiger partial charge in [0.05, 0.1) is 12.0 Å². The van der Waals surface area contributed by atoms with Crippen molar-refractivity contribution < 1.29 is 4.79 Å². The molecule has 0 atom stereocenters. The lowest BCUT2D eigenvalue weighted by Gasteiger charge is -2.18. The number of carbonyl (C=O) groups excluding carboxylic acids is 1. The van der Waals surface area contributed by atoms with Crippen LogP contribution in [0.2, 0.25) is 0 Å². The molecule has 0 aliphatic heterocycles. The molecule has 0 rings (SSSR count). The minimum absolute atomic E-state index is 0.0768. The van der Waals surface area contributed by atoms with Crippen LogP contribution in [0.15, 0.2) is 0 Å². The van der Waals surface area contributed by atoms with Crippen molar-refractivity contribution in [2.75, 3.05) is 27.2 Å². The van der Waals surface area contributed by atoms with Crippen LogP contribution in [0.25, 0.3) is 0 Å². The maximum Gasteiger partial charge on any atom is 0.241 e. The molecule has 0 spiro atoms. The van der Waals surface area contributed by atoms with E-state index in [1.54, 1.807) is 23.9 Å². The van der Waals surface area contributed by atoms with E-state index in [1.807, 2.05) is 20.8 Å². The molecule has 0 fully saturated rings. The summed E-state index contributed by atoms with van der Waals surface area (Å²) in [6.45, 7) is 7.13. The second-order valence-corrected chi connectivity index (χ2v) is 2.67. The average Bonchev–Trinajstić information content (AvgIpc) is 2.16. The first-order valence-electron chi connectivity index (χ1n) is 4.51. The third-order valence-electron chi connectivity index (χ3n) is 1.39. The molecule has 0 N–H and O–H groups in total. The second kappa shape index (κ2) is 9.45. The summed E-state index contributed by atoms with van der Waals surface area (Å²) in [5.41, 5.74) is 1.52. The Morgan fingerprint density at radius 3 is 2.08 bits per heavy atom. The fraction of sp³-hybridized carbons (Fsp3) is 0.778. The summed E-state index contributed by atoms with van der Waals surface area (Å²) >= 11 is 4.71. The number of likely N-dealkylation sites (N-methyl/N-ethyl adjacent to an activating group) is 2. The van der Waals surface area contributed by atoms with Gasteiger partial charge in [-0.3, -0.25) is 4.79 Å². The van der Waals surface area contributed by atoms with Crippen LogP contribution in [-0.2, 0) is 4.79 Å². The summed E-state index contributed by atoms with van der Waals surface area (Å²) in [5, 5.41) is 0. The van der Waals surface area contributed by atoms with Crippen LogP contribution in [-0.4, -0.2) is 48.4 Å². The van der Waals surface area contributed by atoms with Crippen molar-refractivity contribution in [3.63, 3.8) is 0 Å².